The first-order valence-corrected chi connectivity index (χ1v) is 11.1. The predicted octanol–water partition coefficient (Wildman–Crippen LogP) is 3.72. The van der Waals surface area contributed by atoms with Gasteiger partial charge >= 0.3 is 5.97 Å². The molecule has 3 aliphatic heterocycles. The summed E-state index contributed by atoms with van der Waals surface area (Å²) in [4.78, 5) is 22.9. The molecule has 0 aromatic carbocycles. The number of carboxylic acids is 1. The quantitative estimate of drug-likeness (QED) is 0.744. The van der Waals surface area contributed by atoms with Crippen LogP contribution in [0.2, 0.25) is 0 Å². The highest BCUT2D eigenvalue weighted by molar-refractivity contribution is 8.43. The van der Waals surface area contributed by atoms with Crippen molar-refractivity contribution in [3.8, 4) is 0 Å². The van der Waals surface area contributed by atoms with Crippen LogP contribution in [-0.2, 0) is 9.59 Å². The van der Waals surface area contributed by atoms with Crippen LogP contribution in [0.3, 0.4) is 0 Å². The lowest BCUT2D eigenvalue weighted by Gasteiger charge is -2.08. The monoisotopic (exact) mass is 395 g/mol. The Labute approximate surface area is 147 Å². The van der Waals surface area contributed by atoms with E-state index in [0.717, 1.165) is 15.7 Å². The van der Waals surface area contributed by atoms with Crippen molar-refractivity contribution in [3.63, 3.8) is 0 Å². The summed E-state index contributed by atoms with van der Waals surface area (Å²) in [6.45, 7) is -0.347. The molecule has 21 heavy (non-hydrogen) atoms. The molecule has 0 aromatic heterocycles. The maximum absolute atomic E-state index is 11.8. The first kappa shape index (κ1) is 16.1. The van der Waals surface area contributed by atoms with E-state index >= 15 is 0 Å². The zero-order valence-corrected chi connectivity index (χ0v) is 15.3. The van der Waals surface area contributed by atoms with Gasteiger partial charge in [0.15, 0.2) is 0 Å². The minimum atomic E-state index is -1.04. The fourth-order valence-electron chi connectivity index (χ4n) is 1.49. The highest BCUT2D eigenvalue weighted by Gasteiger charge is 2.30. The van der Waals surface area contributed by atoms with Gasteiger partial charge in [0.1, 0.15) is 6.54 Å². The Kier molecular flexibility index (Phi) is 5.55. The summed E-state index contributed by atoms with van der Waals surface area (Å²) in [6, 6.07) is 0. The Morgan fingerprint density at radius 2 is 1.71 bits per heavy atom. The molecule has 0 spiro atoms. The van der Waals surface area contributed by atoms with E-state index in [9.17, 15) is 9.59 Å². The molecular weight excluding hydrogens is 387 g/mol. The summed E-state index contributed by atoms with van der Waals surface area (Å²) in [7, 11) is 0. The van der Waals surface area contributed by atoms with E-state index in [-0.39, 0.29) is 12.5 Å². The van der Waals surface area contributed by atoms with Crippen LogP contribution in [0.4, 0.5) is 0 Å². The maximum atomic E-state index is 11.8. The molecule has 0 radical (unpaired) electrons. The highest BCUT2D eigenvalue weighted by atomic mass is 32.3. The summed E-state index contributed by atoms with van der Waals surface area (Å²) in [5.41, 5.74) is 0. The number of hydrogen-bond donors (Lipinski definition) is 2. The molecule has 4 nitrogen and oxygen atoms in total. The van der Waals surface area contributed by atoms with E-state index < -0.39 is 5.97 Å². The number of aliphatic carboxylic acids is 1. The molecule has 0 fully saturated rings. The summed E-state index contributed by atoms with van der Waals surface area (Å²) in [6.07, 6.45) is 0. The fraction of sp³-hybridized carbons (Fsp3) is 0.273. The summed E-state index contributed by atoms with van der Waals surface area (Å²) in [5, 5.41) is 12.8. The second-order valence-corrected chi connectivity index (χ2v) is 11.0. The van der Waals surface area contributed by atoms with Gasteiger partial charge in [0.25, 0.3) is 5.91 Å². The van der Waals surface area contributed by atoms with Crippen molar-refractivity contribution in [2.75, 3.05) is 18.1 Å². The van der Waals surface area contributed by atoms with Crippen LogP contribution >= 0.6 is 70.6 Å². The number of thioether (sulfide) groups is 6. The van der Waals surface area contributed by atoms with E-state index in [4.69, 9.17) is 5.11 Å². The second-order valence-electron chi connectivity index (χ2n) is 3.83. The van der Waals surface area contributed by atoms with Gasteiger partial charge < -0.3 is 10.4 Å². The topological polar surface area (TPSA) is 66.4 Å². The Hall–Kier alpha value is 0.260. The van der Waals surface area contributed by atoms with Crippen molar-refractivity contribution in [2.45, 2.75) is 0 Å². The average Bonchev–Trinajstić information content (AvgIpc) is 3.10. The number of rotatable bonds is 3. The molecule has 3 rings (SSSR count). The molecule has 0 saturated carbocycles. The molecule has 10 heteroatoms. The van der Waals surface area contributed by atoms with Crippen molar-refractivity contribution >= 4 is 82.4 Å². The molecule has 0 bridgehead atoms. The van der Waals surface area contributed by atoms with Crippen LogP contribution < -0.4 is 5.32 Å². The third kappa shape index (κ3) is 3.97. The molecule has 3 aliphatic rings. The van der Waals surface area contributed by atoms with Gasteiger partial charge in [-0.15, -0.1) is 23.5 Å². The number of amides is 1. The first-order chi connectivity index (χ1) is 10.1. The fourth-order valence-corrected chi connectivity index (χ4v) is 9.94. The molecule has 0 aromatic rings. The largest absolute Gasteiger partial charge is 0.480 e. The molecule has 1 amide bonds. The van der Waals surface area contributed by atoms with Gasteiger partial charge in [-0.1, -0.05) is 47.0 Å². The van der Waals surface area contributed by atoms with Gasteiger partial charge in [-0.25, -0.2) is 0 Å². The SMILES string of the molecule is O=C(O)CNC(=O)C1=CSC(=C2SC3=C(SCCS3)S2)S1. The molecule has 0 saturated heterocycles. The predicted molar refractivity (Wildman–Crippen MR) is 98.1 cm³/mol. The van der Waals surface area contributed by atoms with Crippen LogP contribution in [0, 0.1) is 0 Å². The van der Waals surface area contributed by atoms with Crippen molar-refractivity contribution in [1.29, 1.82) is 0 Å². The first-order valence-electron chi connectivity index (χ1n) is 5.78. The third-order valence-corrected chi connectivity index (χ3v) is 11.0. The van der Waals surface area contributed by atoms with E-state index in [1.807, 2.05) is 23.5 Å². The van der Waals surface area contributed by atoms with Crippen LogP contribution in [-0.4, -0.2) is 35.0 Å². The van der Waals surface area contributed by atoms with Gasteiger partial charge in [0, 0.05) is 11.5 Å². The van der Waals surface area contributed by atoms with E-state index in [1.54, 1.807) is 40.7 Å². The zero-order chi connectivity index (χ0) is 14.8. The summed E-state index contributed by atoms with van der Waals surface area (Å²) in [5.74, 6) is 0.952. The number of carbonyl (C=O) groups is 2. The maximum Gasteiger partial charge on any atom is 0.322 e. The van der Waals surface area contributed by atoms with Crippen molar-refractivity contribution in [3.05, 3.63) is 27.3 Å². The van der Waals surface area contributed by atoms with E-state index in [2.05, 4.69) is 5.32 Å². The molecule has 0 atom stereocenters. The Morgan fingerprint density at radius 1 is 1.05 bits per heavy atom. The standard InChI is InChI=1S/C11H9NO3S6/c13-6(14)3-12-7(15)5-4-18-10(19-5)11-20-8-9(21-11)17-2-1-16-8/h4H,1-3H2,(H,12,15)(H,13,14). The molecule has 112 valence electrons. The van der Waals surface area contributed by atoms with Gasteiger partial charge in [-0.3, -0.25) is 9.59 Å². The van der Waals surface area contributed by atoms with Crippen molar-refractivity contribution in [1.82, 2.24) is 5.32 Å². The molecule has 0 aliphatic carbocycles. The smallest absolute Gasteiger partial charge is 0.322 e. The molecule has 2 N–H and O–H groups in total. The lowest BCUT2D eigenvalue weighted by molar-refractivity contribution is -0.137. The van der Waals surface area contributed by atoms with E-state index in [1.165, 1.54) is 24.5 Å². The van der Waals surface area contributed by atoms with Crippen LogP contribution in [0.1, 0.15) is 0 Å². The summed E-state index contributed by atoms with van der Waals surface area (Å²) < 4.78 is 5.10. The Bertz CT molecular complexity index is 577. The number of hydrogen-bond acceptors (Lipinski definition) is 8. The minimum Gasteiger partial charge on any atom is -0.480 e. The van der Waals surface area contributed by atoms with Crippen LogP contribution in [0.15, 0.2) is 27.3 Å². The third-order valence-electron chi connectivity index (χ3n) is 2.35. The molecule has 0 unspecified atom stereocenters. The lowest BCUT2D eigenvalue weighted by atomic mass is 10.5. The van der Waals surface area contributed by atoms with Gasteiger partial charge in [0.05, 0.1) is 21.9 Å². The Balaban J connectivity index is 1.60. The minimum absolute atomic E-state index is 0.319. The normalized spacial score (nSPS) is 21.4. The number of carboxylic acid groups (broad SMARTS) is 1. The average molecular weight is 396 g/mol. The number of nitrogens with one attached hydrogen (secondary N) is 1. The van der Waals surface area contributed by atoms with Gasteiger partial charge in [0.2, 0.25) is 0 Å². The summed E-state index contributed by atoms with van der Waals surface area (Å²) >= 11 is 10.3. The Morgan fingerprint density at radius 3 is 2.33 bits per heavy atom. The highest BCUT2D eigenvalue weighted by Crippen LogP contribution is 2.63. The van der Waals surface area contributed by atoms with Gasteiger partial charge in [-0.2, -0.15) is 0 Å². The number of carbonyl (C=O) groups excluding carboxylic acids is 1. The van der Waals surface area contributed by atoms with Crippen LogP contribution in [0.5, 0.6) is 0 Å². The van der Waals surface area contributed by atoms with Crippen molar-refractivity contribution in [2.24, 2.45) is 0 Å². The zero-order valence-electron chi connectivity index (χ0n) is 10.4. The molecular formula is C11H9NO3S6. The van der Waals surface area contributed by atoms with Crippen LogP contribution in [0.25, 0.3) is 0 Å². The van der Waals surface area contributed by atoms with Gasteiger partial charge in [-0.05, 0) is 5.41 Å². The lowest BCUT2D eigenvalue weighted by Crippen LogP contribution is -2.29. The van der Waals surface area contributed by atoms with E-state index in [0.29, 0.717) is 4.91 Å². The molecule has 3 heterocycles. The second kappa shape index (κ2) is 7.22. The van der Waals surface area contributed by atoms with Crippen molar-refractivity contribution < 1.29 is 14.7 Å².